The van der Waals surface area contributed by atoms with E-state index in [9.17, 15) is 4.79 Å². The van der Waals surface area contributed by atoms with E-state index in [-0.39, 0.29) is 11.8 Å². The highest BCUT2D eigenvalue weighted by molar-refractivity contribution is 5.77. The van der Waals surface area contributed by atoms with E-state index < -0.39 is 0 Å². The van der Waals surface area contributed by atoms with Crippen molar-refractivity contribution in [2.45, 2.75) is 53.4 Å². The van der Waals surface area contributed by atoms with Gasteiger partial charge in [-0.15, -0.1) is 0 Å². The lowest BCUT2D eigenvalue weighted by atomic mass is 10.0. The Hall–Kier alpha value is -0.570. The molecule has 0 rings (SSSR count). The Morgan fingerprint density at radius 3 is 2.33 bits per heavy atom. The number of carbonyl (C=O) groups is 1. The van der Waals surface area contributed by atoms with Crippen LogP contribution < -0.4 is 0 Å². The molecule has 0 bridgehead atoms. The van der Waals surface area contributed by atoms with Crippen molar-refractivity contribution in [1.29, 1.82) is 0 Å². The van der Waals surface area contributed by atoms with Crippen LogP contribution in [0.25, 0.3) is 0 Å². The number of hydrogen-bond acceptors (Lipinski definition) is 2. The molecule has 108 valence electrons. The van der Waals surface area contributed by atoms with Crippen molar-refractivity contribution in [3.8, 4) is 0 Å². The molecule has 1 unspecified atom stereocenters. The van der Waals surface area contributed by atoms with Gasteiger partial charge in [0.25, 0.3) is 0 Å². The Balaban J connectivity index is 3.38. The molecular weight excluding hydrogens is 226 g/mol. The van der Waals surface area contributed by atoms with Gasteiger partial charge < -0.3 is 9.64 Å². The minimum atomic E-state index is 0.0893. The molecule has 18 heavy (non-hydrogen) atoms. The molecule has 0 aromatic carbocycles. The second-order valence-electron chi connectivity index (χ2n) is 5.54. The molecule has 0 aliphatic heterocycles. The summed E-state index contributed by atoms with van der Waals surface area (Å²) in [5.41, 5.74) is 0. The topological polar surface area (TPSA) is 29.5 Å². The Labute approximate surface area is 113 Å². The highest BCUT2D eigenvalue weighted by Gasteiger charge is 2.11. The molecular formula is C15H31NO2. The first-order valence-corrected chi connectivity index (χ1v) is 7.31. The summed E-state index contributed by atoms with van der Waals surface area (Å²) in [5.74, 6) is 1.11. The van der Waals surface area contributed by atoms with E-state index in [2.05, 4.69) is 13.8 Å². The van der Waals surface area contributed by atoms with Gasteiger partial charge in [0.1, 0.15) is 0 Å². The van der Waals surface area contributed by atoms with Crippen LogP contribution in [0.2, 0.25) is 0 Å². The summed E-state index contributed by atoms with van der Waals surface area (Å²) in [7, 11) is 1.87. The van der Waals surface area contributed by atoms with Gasteiger partial charge in [0.15, 0.2) is 0 Å². The van der Waals surface area contributed by atoms with Gasteiger partial charge in [-0.1, -0.05) is 34.1 Å². The third-order valence-electron chi connectivity index (χ3n) is 3.33. The maximum Gasteiger partial charge on any atom is 0.224 e. The van der Waals surface area contributed by atoms with Gasteiger partial charge in [0, 0.05) is 32.7 Å². The summed E-state index contributed by atoms with van der Waals surface area (Å²) in [6, 6.07) is 0. The zero-order valence-corrected chi connectivity index (χ0v) is 12.9. The van der Waals surface area contributed by atoms with Crippen LogP contribution >= 0.6 is 0 Å². The Kier molecular flexibility index (Phi) is 10.0. The second-order valence-corrected chi connectivity index (χ2v) is 5.54. The molecule has 1 atom stereocenters. The van der Waals surface area contributed by atoms with E-state index >= 15 is 0 Å². The SMILES string of the molecule is CCC(C)CCCOCCCN(C)C(=O)C(C)C. The van der Waals surface area contributed by atoms with Crippen molar-refractivity contribution in [3.63, 3.8) is 0 Å². The minimum Gasteiger partial charge on any atom is -0.381 e. The quantitative estimate of drug-likeness (QED) is 0.562. The van der Waals surface area contributed by atoms with Crippen LogP contribution in [0.15, 0.2) is 0 Å². The lowest BCUT2D eigenvalue weighted by molar-refractivity contribution is -0.133. The normalized spacial score (nSPS) is 12.8. The molecule has 0 saturated heterocycles. The Morgan fingerprint density at radius 1 is 1.17 bits per heavy atom. The van der Waals surface area contributed by atoms with Crippen LogP contribution in [0.3, 0.4) is 0 Å². The van der Waals surface area contributed by atoms with Crippen LogP contribution in [0, 0.1) is 11.8 Å². The van der Waals surface area contributed by atoms with Crippen molar-refractivity contribution >= 4 is 5.91 Å². The average molecular weight is 257 g/mol. The third kappa shape index (κ3) is 8.51. The highest BCUT2D eigenvalue weighted by atomic mass is 16.5. The molecule has 0 aliphatic carbocycles. The summed E-state index contributed by atoms with van der Waals surface area (Å²) in [6.45, 7) is 10.8. The fourth-order valence-corrected chi connectivity index (χ4v) is 1.79. The number of amides is 1. The molecule has 1 amide bonds. The molecule has 3 heteroatoms. The summed E-state index contributed by atoms with van der Waals surface area (Å²) >= 11 is 0. The van der Waals surface area contributed by atoms with E-state index in [4.69, 9.17) is 4.74 Å². The fourth-order valence-electron chi connectivity index (χ4n) is 1.79. The maximum atomic E-state index is 11.6. The Morgan fingerprint density at radius 2 is 1.78 bits per heavy atom. The first kappa shape index (κ1) is 17.4. The lowest BCUT2D eigenvalue weighted by Gasteiger charge is -2.19. The van der Waals surface area contributed by atoms with Gasteiger partial charge in [-0.25, -0.2) is 0 Å². The lowest BCUT2D eigenvalue weighted by Crippen LogP contribution is -2.31. The predicted octanol–water partition coefficient (Wildman–Crippen LogP) is 3.33. The van der Waals surface area contributed by atoms with Crippen molar-refractivity contribution < 1.29 is 9.53 Å². The van der Waals surface area contributed by atoms with Gasteiger partial charge in [-0.05, 0) is 25.2 Å². The van der Waals surface area contributed by atoms with E-state index in [1.54, 1.807) is 4.90 Å². The molecule has 0 aliphatic rings. The first-order valence-electron chi connectivity index (χ1n) is 7.31. The van der Waals surface area contributed by atoms with E-state index in [0.717, 1.165) is 38.5 Å². The zero-order chi connectivity index (χ0) is 14.0. The predicted molar refractivity (Wildman–Crippen MR) is 76.6 cm³/mol. The molecule has 0 radical (unpaired) electrons. The number of rotatable bonds is 10. The van der Waals surface area contributed by atoms with Crippen LogP contribution in [0.1, 0.15) is 53.4 Å². The van der Waals surface area contributed by atoms with Gasteiger partial charge in [0.05, 0.1) is 0 Å². The summed E-state index contributed by atoms with van der Waals surface area (Å²) < 4.78 is 5.58. The third-order valence-corrected chi connectivity index (χ3v) is 3.33. The van der Waals surface area contributed by atoms with E-state index in [1.807, 2.05) is 20.9 Å². The fraction of sp³-hybridized carbons (Fsp3) is 0.933. The van der Waals surface area contributed by atoms with Crippen molar-refractivity contribution in [1.82, 2.24) is 4.90 Å². The second kappa shape index (κ2) is 10.4. The summed E-state index contributed by atoms with van der Waals surface area (Å²) in [4.78, 5) is 13.4. The summed E-state index contributed by atoms with van der Waals surface area (Å²) in [5, 5.41) is 0. The molecule has 0 fully saturated rings. The van der Waals surface area contributed by atoms with Gasteiger partial charge >= 0.3 is 0 Å². The maximum absolute atomic E-state index is 11.6. The van der Waals surface area contributed by atoms with Crippen LogP contribution in [-0.2, 0) is 9.53 Å². The van der Waals surface area contributed by atoms with Crippen molar-refractivity contribution in [2.75, 3.05) is 26.8 Å². The summed E-state index contributed by atoms with van der Waals surface area (Å²) in [6.07, 6.45) is 4.58. The number of carbonyl (C=O) groups excluding carboxylic acids is 1. The molecule has 0 spiro atoms. The molecule has 3 nitrogen and oxygen atoms in total. The van der Waals surface area contributed by atoms with Gasteiger partial charge in [-0.2, -0.15) is 0 Å². The smallest absolute Gasteiger partial charge is 0.224 e. The van der Waals surface area contributed by atoms with Crippen LogP contribution in [0.4, 0.5) is 0 Å². The Bertz CT molecular complexity index is 217. The van der Waals surface area contributed by atoms with Crippen molar-refractivity contribution in [2.24, 2.45) is 11.8 Å². The van der Waals surface area contributed by atoms with E-state index in [1.165, 1.54) is 12.8 Å². The zero-order valence-electron chi connectivity index (χ0n) is 12.9. The number of hydrogen-bond donors (Lipinski definition) is 0. The molecule has 0 N–H and O–H groups in total. The molecule has 0 saturated carbocycles. The first-order chi connectivity index (χ1) is 8.49. The monoisotopic (exact) mass is 257 g/mol. The number of nitrogens with zero attached hydrogens (tertiary/aromatic N) is 1. The highest BCUT2D eigenvalue weighted by Crippen LogP contribution is 2.09. The standard InChI is InChI=1S/C15H31NO2/c1-6-14(4)9-7-11-18-12-8-10-16(5)15(17)13(2)3/h13-14H,6-12H2,1-5H3. The molecule has 0 heterocycles. The molecule has 0 aromatic rings. The van der Waals surface area contributed by atoms with Crippen molar-refractivity contribution in [3.05, 3.63) is 0 Å². The minimum absolute atomic E-state index is 0.0893. The van der Waals surface area contributed by atoms with E-state index in [0.29, 0.717) is 0 Å². The van der Waals surface area contributed by atoms with Crippen LogP contribution in [0.5, 0.6) is 0 Å². The average Bonchev–Trinajstić information content (AvgIpc) is 2.35. The molecule has 0 aromatic heterocycles. The van der Waals surface area contributed by atoms with Gasteiger partial charge in [0.2, 0.25) is 5.91 Å². The number of ether oxygens (including phenoxy) is 1. The van der Waals surface area contributed by atoms with Crippen LogP contribution in [-0.4, -0.2) is 37.6 Å². The van der Waals surface area contributed by atoms with Gasteiger partial charge in [-0.3, -0.25) is 4.79 Å². The largest absolute Gasteiger partial charge is 0.381 e.